The largest absolute Gasteiger partial charge is 0.497 e. The van der Waals surface area contributed by atoms with Gasteiger partial charge in [-0.3, -0.25) is 4.79 Å². The van der Waals surface area contributed by atoms with Gasteiger partial charge in [0.25, 0.3) is 0 Å². The van der Waals surface area contributed by atoms with E-state index in [1.165, 1.54) is 0 Å². The van der Waals surface area contributed by atoms with Crippen LogP contribution in [0.1, 0.15) is 10.4 Å². The van der Waals surface area contributed by atoms with E-state index < -0.39 is 0 Å². The highest BCUT2D eigenvalue weighted by Gasteiger charge is 2.06. The maximum atomic E-state index is 11.5. The Morgan fingerprint density at radius 2 is 2.36 bits per heavy atom. The van der Waals surface area contributed by atoms with Crippen LogP contribution in [0.15, 0.2) is 24.3 Å². The van der Waals surface area contributed by atoms with E-state index in [1.807, 2.05) is 0 Å². The zero-order valence-corrected chi connectivity index (χ0v) is 8.71. The van der Waals surface area contributed by atoms with Gasteiger partial charge < -0.3 is 9.84 Å². The molecule has 0 fully saturated rings. The number of aliphatic hydroxyl groups excluding tert-OH is 1. The molecule has 76 valence electrons. The Kier molecular flexibility index (Phi) is 4.49. The van der Waals surface area contributed by atoms with Crippen molar-refractivity contribution < 1.29 is 14.6 Å². The third-order valence-corrected chi connectivity index (χ3v) is 2.51. The average Bonchev–Trinajstić information content (AvgIpc) is 2.26. The fourth-order valence-electron chi connectivity index (χ4n) is 0.972. The fourth-order valence-corrected chi connectivity index (χ4v) is 1.54. The molecule has 0 saturated heterocycles. The minimum atomic E-state index is -0.0436. The molecule has 0 aliphatic heterocycles. The lowest BCUT2D eigenvalue weighted by atomic mass is 10.2. The molecule has 0 heterocycles. The topological polar surface area (TPSA) is 46.5 Å². The van der Waals surface area contributed by atoms with Crippen LogP contribution in [0.3, 0.4) is 0 Å². The second kappa shape index (κ2) is 5.67. The van der Waals surface area contributed by atoms with Crippen LogP contribution in [0.5, 0.6) is 5.75 Å². The fraction of sp³-hybridized carbons (Fsp3) is 0.300. The van der Waals surface area contributed by atoms with Gasteiger partial charge in [-0.15, -0.1) is 0 Å². The summed E-state index contributed by atoms with van der Waals surface area (Å²) in [5, 5.41) is 8.52. The van der Waals surface area contributed by atoms with Crippen LogP contribution >= 0.6 is 11.8 Å². The van der Waals surface area contributed by atoms with Crippen molar-refractivity contribution in [2.24, 2.45) is 0 Å². The first kappa shape index (κ1) is 11.1. The Labute approximate surface area is 87.1 Å². The number of aliphatic hydroxyl groups is 1. The minimum Gasteiger partial charge on any atom is -0.497 e. The first-order chi connectivity index (χ1) is 6.77. The molecule has 0 spiro atoms. The average molecular weight is 212 g/mol. The van der Waals surface area contributed by atoms with Crippen molar-refractivity contribution in [1.82, 2.24) is 0 Å². The van der Waals surface area contributed by atoms with Gasteiger partial charge in [-0.05, 0) is 12.1 Å². The van der Waals surface area contributed by atoms with Crippen LogP contribution < -0.4 is 4.74 Å². The zero-order valence-electron chi connectivity index (χ0n) is 7.90. The normalized spacial score (nSPS) is 9.86. The van der Waals surface area contributed by atoms with E-state index in [0.717, 1.165) is 11.8 Å². The highest BCUT2D eigenvalue weighted by molar-refractivity contribution is 8.14. The van der Waals surface area contributed by atoms with Gasteiger partial charge in [-0.1, -0.05) is 23.9 Å². The highest BCUT2D eigenvalue weighted by atomic mass is 32.2. The summed E-state index contributed by atoms with van der Waals surface area (Å²) in [7, 11) is 1.56. The van der Waals surface area contributed by atoms with Gasteiger partial charge in [-0.2, -0.15) is 0 Å². The summed E-state index contributed by atoms with van der Waals surface area (Å²) >= 11 is 1.10. The number of ether oxygens (including phenoxy) is 1. The van der Waals surface area contributed by atoms with E-state index in [9.17, 15) is 4.79 Å². The molecular weight excluding hydrogens is 200 g/mol. The zero-order chi connectivity index (χ0) is 10.4. The smallest absolute Gasteiger partial charge is 0.219 e. The van der Waals surface area contributed by atoms with Gasteiger partial charge in [-0.25, -0.2) is 0 Å². The van der Waals surface area contributed by atoms with E-state index >= 15 is 0 Å². The van der Waals surface area contributed by atoms with Crippen LogP contribution in [0.4, 0.5) is 0 Å². The van der Waals surface area contributed by atoms with Crippen LogP contribution in [-0.4, -0.2) is 29.7 Å². The molecule has 0 aliphatic rings. The van der Waals surface area contributed by atoms with Crippen molar-refractivity contribution >= 4 is 16.9 Å². The maximum absolute atomic E-state index is 11.5. The Bertz CT molecular complexity index is 312. The molecule has 0 radical (unpaired) electrons. The summed E-state index contributed by atoms with van der Waals surface area (Å²) < 4.78 is 5.00. The third kappa shape index (κ3) is 3.05. The Hall–Kier alpha value is -1.00. The summed E-state index contributed by atoms with van der Waals surface area (Å²) in [6.07, 6.45) is 0. The quantitative estimate of drug-likeness (QED) is 0.822. The van der Waals surface area contributed by atoms with Crippen LogP contribution in [-0.2, 0) is 0 Å². The molecule has 0 saturated carbocycles. The van der Waals surface area contributed by atoms with Gasteiger partial charge in [0.1, 0.15) is 5.75 Å². The van der Waals surface area contributed by atoms with E-state index in [2.05, 4.69) is 0 Å². The molecule has 1 N–H and O–H groups in total. The summed E-state index contributed by atoms with van der Waals surface area (Å²) in [6.45, 7) is 0.0143. The first-order valence-corrected chi connectivity index (χ1v) is 5.18. The molecule has 0 amide bonds. The van der Waals surface area contributed by atoms with E-state index in [1.54, 1.807) is 31.4 Å². The van der Waals surface area contributed by atoms with E-state index in [-0.39, 0.29) is 11.7 Å². The first-order valence-electron chi connectivity index (χ1n) is 4.20. The molecule has 0 unspecified atom stereocenters. The molecule has 0 aliphatic carbocycles. The van der Waals surface area contributed by atoms with Crippen molar-refractivity contribution in [3.05, 3.63) is 29.8 Å². The molecule has 1 aromatic rings. The lowest BCUT2D eigenvalue weighted by Crippen LogP contribution is -1.97. The number of benzene rings is 1. The predicted molar refractivity (Wildman–Crippen MR) is 56.9 cm³/mol. The van der Waals surface area contributed by atoms with Gasteiger partial charge in [0.15, 0.2) is 0 Å². The van der Waals surface area contributed by atoms with Crippen molar-refractivity contribution in [2.45, 2.75) is 0 Å². The predicted octanol–water partition coefficient (Wildman–Crippen LogP) is 1.56. The molecule has 0 atom stereocenters. The van der Waals surface area contributed by atoms with Crippen molar-refractivity contribution in [3.8, 4) is 5.75 Å². The second-order valence-electron chi connectivity index (χ2n) is 2.59. The number of methoxy groups -OCH3 is 1. The number of hydrogen-bond acceptors (Lipinski definition) is 4. The number of rotatable bonds is 4. The van der Waals surface area contributed by atoms with Crippen LogP contribution in [0.25, 0.3) is 0 Å². The van der Waals surface area contributed by atoms with Gasteiger partial charge >= 0.3 is 0 Å². The van der Waals surface area contributed by atoms with Gasteiger partial charge in [0, 0.05) is 11.3 Å². The summed E-state index contributed by atoms with van der Waals surface area (Å²) in [4.78, 5) is 11.5. The van der Waals surface area contributed by atoms with E-state index in [0.29, 0.717) is 17.1 Å². The number of carbonyl (C=O) groups is 1. The number of carbonyl (C=O) groups excluding carboxylic acids is 1. The van der Waals surface area contributed by atoms with Crippen molar-refractivity contribution in [3.63, 3.8) is 0 Å². The molecule has 1 aromatic carbocycles. The molecule has 14 heavy (non-hydrogen) atoms. The summed E-state index contributed by atoms with van der Waals surface area (Å²) in [5.41, 5.74) is 0.600. The Morgan fingerprint density at radius 3 is 3.00 bits per heavy atom. The van der Waals surface area contributed by atoms with Crippen LogP contribution in [0, 0.1) is 0 Å². The molecule has 4 heteroatoms. The minimum absolute atomic E-state index is 0.0143. The summed E-state index contributed by atoms with van der Waals surface area (Å²) in [6, 6.07) is 6.97. The maximum Gasteiger partial charge on any atom is 0.219 e. The molecule has 1 rings (SSSR count). The second-order valence-corrected chi connectivity index (χ2v) is 3.66. The van der Waals surface area contributed by atoms with Crippen LogP contribution in [0.2, 0.25) is 0 Å². The van der Waals surface area contributed by atoms with E-state index in [4.69, 9.17) is 9.84 Å². The highest BCUT2D eigenvalue weighted by Crippen LogP contribution is 2.17. The molecule has 0 bridgehead atoms. The Morgan fingerprint density at radius 1 is 1.57 bits per heavy atom. The van der Waals surface area contributed by atoms with Crippen molar-refractivity contribution in [1.29, 1.82) is 0 Å². The molecule has 0 aromatic heterocycles. The molecule has 3 nitrogen and oxygen atoms in total. The Balaban J connectivity index is 2.69. The SMILES string of the molecule is COc1cccc(C(=O)SCCO)c1. The number of thioether (sulfide) groups is 1. The van der Waals surface area contributed by atoms with Crippen molar-refractivity contribution in [2.75, 3.05) is 19.5 Å². The van der Waals surface area contributed by atoms with Gasteiger partial charge in [0.05, 0.1) is 13.7 Å². The third-order valence-electron chi connectivity index (χ3n) is 1.63. The number of hydrogen-bond donors (Lipinski definition) is 1. The summed E-state index contributed by atoms with van der Waals surface area (Å²) in [5.74, 6) is 1.09. The molecular formula is C10H12O3S. The lowest BCUT2D eigenvalue weighted by Gasteiger charge is -2.02. The standard InChI is InChI=1S/C10H12O3S/c1-13-9-4-2-3-8(7-9)10(12)14-6-5-11/h2-4,7,11H,5-6H2,1H3. The lowest BCUT2D eigenvalue weighted by molar-refractivity contribution is 0.108. The van der Waals surface area contributed by atoms with Gasteiger partial charge in [0.2, 0.25) is 5.12 Å². The monoisotopic (exact) mass is 212 g/mol.